The Balaban J connectivity index is 1.27. The summed E-state index contributed by atoms with van der Waals surface area (Å²) in [5.74, 6) is -0.272. The maximum Gasteiger partial charge on any atom is 0.253 e. The van der Waals surface area contributed by atoms with Gasteiger partial charge in [-0.1, -0.05) is 18.2 Å². The van der Waals surface area contributed by atoms with E-state index < -0.39 is 0 Å². The van der Waals surface area contributed by atoms with Crippen molar-refractivity contribution < 1.29 is 14.0 Å². The lowest BCUT2D eigenvalue weighted by Gasteiger charge is -2.14. The molecule has 1 aliphatic rings. The van der Waals surface area contributed by atoms with Crippen LogP contribution in [0, 0.1) is 11.7 Å². The highest BCUT2D eigenvalue weighted by atomic mass is 19.1. The average molecular weight is 483 g/mol. The van der Waals surface area contributed by atoms with E-state index in [1.165, 1.54) is 12.1 Å². The van der Waals surface area contributed by atoms with Gasteiger partial charge in [-0.2, -0.15) is 4.98 Å². The molecule has 5 aromatic rings. The second-order valence-corrected chi connectivity index (χ2v) is 9.13. The average Bonchev–Trinajstić information content (AvgIpc) is 3.52. The Hall–Kier alpha value is -4.53. The van der Waals surface area contributed by atoms with Gasteiger partial charge in [-0.3, -0.25) is 14.9 Å². The molecule has 8 nitrogen and oxygen atoms in total. The Bertz CT molecular complexity index is 1630. The molecule has 0 radical (unpaired) electrons. The molecule has 0 bridgehead atoms. The van der Waals surface area contributed by atoms with E-state index in [-0.39, 0.29) is 35.5 Å². The molecule has 3 heterocycles. The van der Waals surface area contributed by atoms with Gasteiger partial charge < -0.3 is 10.3 Å². The Morgan fingerprint density at radius 2 is 1.94 bits per heavy atom. The van der Waals surface area contributed by atoms with Crippen molar-refractivity contribution in [2.75, 3.05) is 5.32 Å². The molecule has 1 atom stereocenters. The van der Waals surface area contributed by atoms with Crippen LogP contribution in [0.15, 0.2) is 67.0 Å². The van der Waals surface area contributed by atoms with E-state index in [0.29, 0.717) is 16.8 Å². The van der Waals surface area contributed by atoms with Crippen LogP contribution in [-0.2, 0) is 4.79 Å². The molecule has 2 amide bonds. The molecule has 36 heavy (non-hydrogen) atoms. The number of H-pyrrole nitrogens is 1. The Morgan fingerprint density at radius 1 is 1.11 bits per heavy atom. The molecule has 0 spiro atoms. The normalized spacial score (nSPS) is 14.2. The molecule has 0 saturated heterocycles. The van der Waals surface area contributed by atoms with Crippen molar-refractivity contribution in [2.45, 2.75) is 25.8 Å². The van der Waals surface area contributed by atoms with Gasteiger partial charge in [-0.05, 0) is 67.3 Å². The zero-order chi connectivity index (χ0) is 24.8. The summed E-state index contributed by atoms with van der Waals surface area (Å²) in [4.78, 5) is 32.6. The lowest BCUT2D eigenvalue weighted by molar-refractivity contribution is -0.117. The minimum absolute atomic E-state index is 0.0402. The van der Waals surface area contributed by atoms with Crippen LogP contribution < -0.4 is 10.6 Å². The molecule has 0 aliphatic heterocycles. The van der Waals surface area contributed by atoms with Gasteiger partial charge in [0.1, 0.15) is 5.82 Å². The molecule has 180 valence electrons. The van der Waals surface area contributed by atoms with Crippen molar-refractivity contribution in [3.8, 4) is 11.1 Å². The van der Waals surface area contributed by atoms with Crippen molar-refractivity contribution >= 4 is 34.3 Å². The number of nitrogens with zero attached hydrogens (tertiary/aromatic N) is 3. The number of carbonyl (C=O) groups excluding carboxylic acids is 2. The number of anilines is 1. The smallest absolute Gasteiger partial charge is 0.253 e. The van der Waals surface area contributed by atoms with Crippen LogP contribution >= 0.6 is 0 Å². The molecule has 6 rings (SSSR count). The standard InChI is InChI=1S/C27H23FN6O2/c1-15(17-3-2-4-20(28)11-17)30-26(36)22-13-29-23-9-7-18(12-21(22)23)19-8-10-24-31-27(33-34(24)14-19)32-25(35)16-5-6-16/h2-4,7-16,29H,5-6H2,1H3,(H,30,36)(H,32,33,35)/t15-/m0/s1. The van der Waals surface area contributed by atoms with E-state index in [4.69, 9.17) is 0 Å². The number of fused-ring (bicyclic) bond motifs is 2. The summed E-state index contributed by atoms with van der Waals surface area (Å²) < 4.78 is 15.2. The molecule has 0 unspecified atom stereocenters. The number of hydrogen-bond donors (Lipinski definition) is 3. The summed E-state index contributed by atoms with van der Waals surface area (Å²) in [6.07, 6.45) is 5.34. The number of benzene rings is 2. The number of rotatable bonds is 6. The summed E-state index contributed by atoms with van der Waals surface area (Å²) >= 11 is 0. The maximum atomic E-state index is 13.6. The van der Waals surface area contributed by atoms with E-state index in [9.17, 15) is 14.0 Å². The van der Waals surface area contributed by atoms with Gasteiger partial charge in [0.15, 0.2) is 5.65 Å². The molecule has 3 N–H and O–H groups in total. The first kappa shape index (κ1) is 22.0. The van der Waals surface area contributed by atoms with Crippen LogP contribution in [-0.4, -0.2) is 31.4 Å². The van der Waals surface area contributed by atoms with Gasteiger partial charge in [0.25, 0.3) is 5.91 Å². The fourth-order valence-electron chi connectivity index (χ4n) is 4.29. The van der Waals surface area contributed by atoms with Crippen molar-refractivity contribution in [3.63, 3.8) is 0 Å². The first-order chi connectivity index (χ1) is 17.4. The molecule has 1 aliphatic carbocycles. The highest BCUT2D eigenvalue weighted by Gasteiger charge is 2.30. The van der Waals surface area contributed by atoms with E-state index >= 15 is 0 Å². The summed E-state index contributed by atoms with van der Waals surface area (Å²) in [6.45, 7) is 1.82. The molecule has 1 fully saturated rings. The van der Waals surface area contributed by atoms with Gasteiger partial charge in [0.2, 0.25) is 11.9 Å². The second-order valence-electron chi connectivity index (χ2n) is 9.13. The number of hydrogen-bond acceptors (Lipinski definition) is 4. The van der Waals surface area contributed by atoms with Crippen LogP contribution in [0.4, 0.5) is 10.3 Å². The van der Waals surface area contributed by atoms with Crippen LogP contribution in [0.5, 0.6) is 0 Å². The minimum atomic E-state index is -0.356. The zero-order valence-corrected chi connectivity index (χ0v) is 19.5. The van der Waals surface area contributed by atoms with Crippen molar-refractivity contribution in [1.82, 2.24) is 24.9 Å². The summed E-state index contributed by atoms with van der Waals surface area (Å²) in [6, 6.07) is 15.4. The number of aromatic nitrogens is 4. The van der Waals surface area contributed by atoms with Gasteiger partial charge in [-0.25, -0.2) is 8.91 Å². The van der Waals surface area contributed by atoms with Crippen LogP contribution in [0.25, 0.3) is 27.7 Å². The predicted molar refractivity (Wildman–Crippen MR) is 134 cm³/mol. The summed E-state index contributed by atoms with van der Waals surface area (Å²) in [5, 5.41) is 10.9. The Labute approximate surface area is 205 Å². The van der Waals surface area contributed by atoms with Crippen molar-refractivity contribution in [1.29, 1.82) is 0 Å². The quantitative estimate of drug-likeness (QED) is 0.322. The Kier molecular flexibility index (Phi) is 5.25. The molecule has 2 aromatic carbocycles. The van der Waals surface area contributed by atoms with Gasteiger partial charge in [-0.15, -0.1) is 5.10 Å². The number of carbonyl (C=O) groups is 2. The highest BCUT2D eigenvalue weighted by Crippen LogP contribution is 2.30. The molecular formula is C27H23FN6O2. The van der Waals surface area contributed by atoms with E-state index in [1.807, 2.05) is 43.5 Å². The topological polar surface area (TPSA) is 104 Å². The summed E-state index contributed by atoms with van der Waals surface area (Å²) in [7, 11) is 0. The lowest BCUT2D eigenvalue weighted by atomic mass is 10.0. The first-order valence-electron chi connectivity index (χ1n) is 11.8. The third-order valence-electron chi connectivity index (χ3n) is 6.47. The molecular weight excluding hydrogens is 459 g/mol. The van der Waals surface area contributed by atoms with Crippen molar-refractivity contribution in [3.05, 3.63) is 83.9 Å². The van der Waals surface area contributed by atoms with Crippen LogP contribution in [0.2, 0.25) is 0 Å². The number of pyridine rings is 1. The monoisotopic (exact) mass is 482 g/mol. The molecule has 9 heteroatoms. The van der Waals surface area contributed by atoms with Gasteiger partial charge in [0.05, 0.1) is 11.6 Å². The van der Waals surface area contributed by atoms with E-state index in [1.54, 1.807) is 22.8 Å². The Morgan fingerprint density at radius 3 is 2.75 bits per heavy atom. The number of amides is 2. The fourth-order valence-corrected chi connectivity index (χ4v) is 4.29. The van der Waals surface area contributed by atoms with E-state index in [0.717, 1.165) is 34.9 Å². The van der Waals surface area contributed by atoms with Crippen LogP contribution in [0.3, 0.4) is 0 Å². The van der Waals surface area contributed by atoms with Gasteiger partial charge in [0, 0.05) is 34.8 Å². The largest absolute Gasteiger partial charge is 0.360 e. The predicted octanol–water partition coefficient (Wildman–Crippen LogP) is 4.86. The third-order valence-corrected chi connectivity index (χ3v) is 6.47. The van der Waals surface area contributed by atoms with E-state index in [2.05, 4.69) is 25.7 Å². The number of halogens is 1. The lowest BCUT2D eigenvalue weighted by Crippen LogP contribution is -2.26. The number of nitrogens with one attached hydrogen (secondary N) is 3. The van der Waals surface area contributed by atoms with Crippen molar-refractivity contribution in [2.24, 2.45) is 5.92 Å². The number of aromatic amines is 1. The summed E-state index contributed by atoms with van der Waals surface area (Å²) in [5.41, 5.74) is 4.43. The highest BCUT2D eigenvalue weighted by molar-refractivity contribution is 6.07. The minimum Gasteiger partial charge on any atom is -0.360 e. The molecule has 1 saturated carbocycles. The first-order valence-corrected chi connectivity index (χ1v) is 11.8. The SMILES string of the molecule is C[C@H](NC(=O)c1c[nH]c2ccc(-c3ccc4nc(NC(=O)C5CC5)nn4c3)cc12)c1cccc(F)c1. The van der Waals surface area contributed by atoms with Gasteiger partial charge >= 0.3 is 0 Å². The zero-order valence-electron chi connectivity index (χ0n) is 19.5. The molecule has 3 aromatic heterocycles. The second kappa shape index (κ2) is 8.60. The van der Waals surface area contributed by atoms with Crippen LogP contribution in [0.1, 0.15) is 41.7 Å². The third kappa shape index (κ3) is 4.19. The fraction of sp³-hybridized carbons (Fsp3) is 0.185. The maximum absolute atomic E-state index is 13.6.